The first-order valence-corrected chi connectivity index (χ1v) is 10.8. The maximum Gasteiger partial charge on any atom is 0.307 e. The Morgan fingerprint density at radius 3 is 2.45 bits per heavy atom. The number of carbonyl (C=O) groups is 2. The Morgan fingerprint density at radius 1 is 1.21 bits per heavy atom. The first-order valence-electron chi connectivity index (χ1n) is 10.0. The van der Waals surface area contributed by atoms with Crippen LogP contribution in [0.4, 0.5) is 10.1 Å². The summed E-state index contributed by atoms with van der Waals surface area (Å²) in [7, 11) is 0. The molecule has 0 aliphatic carbocycles. The number of carboxylic acid groups (broad SMARTS) is 1. The number of carboxylic acids is 1. The lowest BCUT2D eigenvalue weighted by Gasteiger charge is -2.19. The van der Waals surface area contributed by atoms with E-state index in [1.165, 1.54) is 0 Å². The van der Waals surface area contributed by atoms with Gasteiger partial charge in [-0.15, -0.1) is 0 Å². The topological polar surface area (TPSA) is 112 Å². The van der Waals surface area contributed by atoms with Crippen molar-refractivity contribution < 1.29 is 23.8 Å². The van der Waals surface area contributed by atoms with Crippen molar-refractivity contribution in [3.63, 3.8) is 0 Å². The van der Waals surface area contributed by atoms with Gasteiger partial charge in [0, 0.05) is 18.5 Å². The smallest absolute Gasteiger partial charge is 0.307 e. The lowest BCUT2D eigenvalue weighted by Crippen LogP contribution is -2.29. The van der Waals surface area contributed by atoms with E-state index < -0.39 is 29.1 Å². The number of allylic oxidation sites excluding steroid dienone is 1. The number of anilines is 1. The molecule has 0 spiro atoms. The third-order valence-electron chi connectivity index (χ3n) is 4.50. The molecule has 2 aromatic carbocycles. The lowest BCUT2D eigenvalue weighted by molar-refractivity contribution is -0.136. The molecule has 0 aromatic heterocycles. The summed E-state index contributed by atoms with van der Waals surface area (Å²) in [5.74, 6) is -2.41. The fourth-order valence-corrected chi connectivity index (χ4v) is 3.40. The van der Waals surface area contributed by atoms with Gasteiger partial charge in [0.1, 0.15) is 12.4 Å². The van der Waals surface area contributed by atoms with E-state index in [1.54, 1.807) is 0 Å². The number of carbonyl (C=O) groups excluding carboxylic acids is 1. The number of halogens is 3. The molecule has 0 unspecified atom stereocenters. The Hall–Kier alpha value is -3.10. The van der Waals surface area contributed by atoms with Crippen LogP contribution < -0.4 is 15.4 Å². The Balaban J connectivity index is 2.21. The maximum atomic E-state index is 14.6. The fourth-order valence-electron chi connectivity index (χ4n) is 2.98. The molecule has 176 valence electrons. The molecule has 1 amide bonds. The van der Waals surface area contributed by atoms with Crippen molar-refractivity contribution in [2.75, 3.05) is 18.5 Å². The molecule has 0 atom stereocenters. The Morgan fingerprint density at radius 2 is 1.88 bits per heavy atom. The fraction of sp³-hybridized carbons (Fsp3) is 0.261. The molecule has 0 aliphatic heterocycles. The molecule has 10 heteroatoms. The number of ether oxygens (including phenoxy) is 1. The van der Waals surface area contributed by atoms with Gasteiger partial charge in [-0.1, -0.05) is 55.2 Å². The van der Waals surface area contributed by atoms with E-state index in [0.29, 0.717) is 24.6 Å². The number of benzene rings is 2. The van der Waals surface area contributed by atoms with Crippen molar-refractivity contribution >= 4 is 47.0 Å². The van der Waals surface area contributed by atoms with Crippen LogP contribution in [0.25, 0.3) is 0 Å². The van der Waals surface area contributed by atoms with Gasteiger partial charge in [-0.05, 0) is 29.7 Å². The molecule has 2 rings (SSSR count). The minimum Gasteiger partial charge on any atom is -0.492 e. The van der Waals surface area contributed by atoms with Crippen LogP contribution in [-0.2, 0) is 16.0 Å². The third-order valence-corrected chi connectivity index (χ3v) is 5.38. The summed E-state index contributed by atoms with van der Waals surface area (Å²) < 4.78 is 20.2. The maximum absolute atomic E-state index is 14.6. The highest BCUT2D eigenvalue weighted by Crippen LogP contribution is 2.34. The van der Waals surface area contributed by atoms with Crippen LogP contribution in [0.3, 0.4) is 0 Å². The van der Waals surface area contributed by atoms with E-state index in [1.807, 2.05) is 44.2 Å². The molecule has 0 aliphatic rings. The van der Waals surface area contributed by atoms with Crippen LogP contribution in [0.1, 0.15) is 19.4 Å². The lowest BCUT2D eigenvalue weighted by atomic mass is 10.0. The van der Waals surface area contributed by atoms with Gasteiger partial charge in [-0.2, -0.15) is 0 Å². The predicted molar refractivity (Wildman–Crippen MR) is 127 cm³/mol. The summed E-state index contributed by atoms with van der Waals surface area (Å²) in [5.41, 5.74) is 0.160. The van der Waals surface area contributed by atoms with Crippen LogP contribution in [0.5, 0.6) is 5.75 Å². The Kier molecular flexibility index (Phi) is 9.69. The van der Waals surface area contributed by atoms with Crippen LogP contribution in [0, 0.1) is 17.1 Å². The van der Waals surface area contributed by atoms with Gasteiger partial charge < -0.3 is 25.9 Å². The van der Waals surface area contributed by atoms with Crippen molar-refractivity contribution in [3.05, 3.63) is 69.1 Å². The summed E-state index contributed by atoms with van der Waals surface area (Å²) >= 11 is 11.8. The summed E-state index contributed by atoms with van der Waals surface area (Å²) in [5, 5.41) is 21.5. The van der Waals surface area contributed by atoms with E-state index >= 15 is 0 Å². The van der Waals surface area contributed by atoms with Crippen LogP contribution in [0.2, 0.25) is 10.0 Å². The summed E-state index contributed by atoms with van der Waals surface area (Å²) in [6.45, 7) is 4.34. The zero-order chi connectivity index (χ0) is 24.5. The Bertz CT molecular complexity index is 1060. The number of nitrogens with one attached hydrogen (secondary N) is 3. The SMILES string of the molecule is CC(C)/C(NCCOc1ccccc1)=C(/C=N)C(=O)Nc1cc(CC(=O)O)c(Cl)c(Cl)c1F. The van der Waals surface area contributed by atoms with Gasteiger partial charge in [0.2, 0.25) is 0 Å². The van der Waals surface area contributed by atoms with Gasteiger partial charge in [0.05, 0.1) is 27.7 Å². The van der Waals surface area contributed by atoms with Crippen molar-refractivity contribution in [2.45, 2.75) is 20.3 Å². The highest BCUT2D eigenvalue weighted by atomic mass is 35.5. The average molecular weight is 496 g/mol. The van der Waals surface area contributed by atoms with Crippen molar-refractivity contribution in [1.82, 2.24) is 5.32 Å². The monoisotopic (exact) mass is 495 g/mol. The van der Waals surface area contributed by atoms with Gasteiger partial charge in [0.15, 0.2) is 5.82 Å². The molecule has 2 aromatic rings. The highest BCUT2D eigenvalue weighted by Gasteiger charge is 2.22. The number of hydrogen-bond donors (Lipinski definition) is 4. The summed E-state index contributed by atoms with van der Waals surface area (Å²) in [4.78, 5) is 23.9. The second-order valence-corrected chi connectivity index (χ2v) is 8.02. The van der Waals surface area contributed by atoms with Crippen molar-refractivity contribution in [3.8, 4) is 5.75 Å². The zero-order valence-corrected chi connectivity index (χ0v) is 19.6. The molecule has 0 saturated carbocycles. The van der Waals surface area contributed by atoms with Crippen LogP contribution in [-0.4, -0.2) is 36.3 Å². The normalized spacial score (nSPS) is 11.6. The number of amides is 1. The summed E-state index contributed by atoms with van der Waals surface area (Å²) in [6, 6.07) is 10.3. The van der Waals surface area contributed by atoms with Gasteiger partial charge in [-0.3, -0.25) is 9.59 Å². The largest absolute Gasteiger partial charge is 0.492 e. The van der Waals surface area contributed by atoms with Gasteiger partial charge in [-0.25, -0.2) is 4.39 Å². The van der Waals surface area contributed by atoms with Crippen LogP contribution in [0.15, 0.2) is 47.7 Å². The Labute approximate surface area is 201 Å². The van der Waals surface area contributed by atoms with E-state index in [-0.39, 0.29) is 27.8 Å². The minimum absolute atomic E-state index is 0.0185. The third kappa shape index (κ3) is 7.20. The summed E-state index contributed by atoms with van der Waals surface area (Å²) in [6.07, 6.45) is 0.360. The molecule has 0 bridgehead atoms. The number of aliphatic carboxylic acids is 1. The number of rotatable bonds is 11. The minimum atomic E-state index is -1.19. The molecule has 4 N–H and O–H groups in total. The van der Waals surface area contributed by atoms with E-state index in [9.17, 15) is 14.0 Å². The predicted octanol–water partition coefficient (Wildman–Crippen LogP) is 4.93. The quantitative estimate of drug-likeness (QED) is 0.153. The molecule has 7 nitrogen and oxygen atoms in total. The highest BCUT2D eigenvalue weighted by molar-refractivity contribution is 6.43. The first kappa shape index (κ1) is 26.2. The van der Waals surface area contributed by atoms with E-state index in [0.717, 1.165) is 12.3 Å². The second kappa shape index (κ2) is 12.2. The molecule has 0 saturated heterocycles. The first-order chi connectivity index (χ1) is 15.6. The number of hydrogen-bond acceptors (Lipinski definition) is 5. The van der Waals surface area contributed by atoms with Crippen molar-refractivity contribution in [2.24, 2.45) is 5.92 Å². The molecule has 33 heavy (non-hydrogen) atoms. The van der Waals surface area contributed by atoms with E-state index in [4.69, 9.17) is 38.5 Å². The standard InChI is InChI=1S/C23H24Cl2FN3O4/c1-13(2)22(28-8-9-33-15-6-4-3-5-7-15)16(12-27)23(32)29-17-10-14(11-18(30)31)19(24)20(25)21(17)26/h3-7,10,12-13,27-28H,8-9,11H2,1-2H3,(H,29,32)(H,30,31)/b22-16+,27-12?. The second-order valence-electron chi connectivity index (χ2n) is 7.26. The van der Waals surface area contributed by atoms with Crippen LogP contribution >= 0.6 is 23.2 Å². The van der Waals surface area contributed by atoms with Gasteiger partial charge in [0.25, 0.3) is 5.91 Å². The molecule has 0 fully saturated rings. The average Bonchev–Trinajstić information content (AvgIpc) is 2.77. The zero-order valence-electron chi connectivity index (χ0n) is 18.0. The molecular weight excluding hydrogens is 472 g/mol. The number of para-hydroxylation sites is 1. The van der Waals surface area contributed by atoms with E-state index in [2.05, 4.69) is 10.6 Å². The van der Waals surface area contributed by atoms with Gasteiger partial charge >= 0.3 is 5.97 Å². The molecule has 0 heterocycles. The molecule has 0 radical (unpaired) electrons. The molecular formula is C23H24Cl2FN3O4. The van der Waals surface area contributed by atoms with Crippen molar-refractivity contribution in [1.29, 1.82) is 5.41 Å².